The van der Waals surface area contributed by atoms with Crippen LogP contribution in [0.1, 0.15) is 18.1 Å². The van der Waals surface area contributed by atoms with Crippen molar-refractivity contribution in [1.29, 1.82) is 0 Å². The Morgan fingerprint density at radius 1 is 1.23 bits per heavy atom. The monoisotopic (exact) mass is 407 g/mol. The van der Waals surface area contributed by atoms with Gasteiger partial charge < -0.3 is 5.32 Å². The van der Waals surface area contributed by atoms with Crippen molar-refractivity contribution in [3.05, 3.63) is 63.2 Å². The minimum Gasteiger partial charge on any atom is -0.374 e. The van der Waals surface area contributed by atoms with Gasteiger partial charge in [-0.2, -0.15) is 5.10 Å². The van der Waals surface area contributed by atoms with Crippen LogP contribution in [0.4, 0.5) is 5.69 Å². The molecule has 0 aromatic heterocycles. The van der Waals surface area contributed by atoms with Gasteiger partial charge in [0, 0.05) is 9.26 Å². The Bertz CT molecular complexity index is 671. The van der Waals surface area contributed by atoms with Crippen LogP contribution in [0.5, 0.6) is 0 Å². The van der Waals surface area contributed by atoms with E-state index in [-0.39, 0.29) is 11.9 Å². The third-order valence-corrected chi connectivity index (χ3v) is 3.81. The van der Waals surface area contributed by atoms with Crippen molar-refractivity contribution in [2.45, 2.75) is 19.9 Å². The molecule has 0 fully saturated rings. The number of hydrazone groups is 1. The van der Waals surface area contributed by atoms with Crippen LogP contribution in [0.2, 0.25) is 0 Å². The highest BCUT2D eigenvalue weighted by molar-refractivity contribution is 14.1. The molecule has 1 atom stereocenters. The second-order valence-corrected chi connectivity index (χ2v) is 6.22. The maximum atomic E-state index is 12.0. The molecule has 5 heteroatoms. The zero-order valence-corrected chi connectivity index (χ0v) is 14.7. The number of amides is 1. The standard InChI is InChI=1S/C17H18IN3O/c1-12-10-15(18)8-9-16(12)20-13(2)17(22)21-19-11-14-6-4-3-5-7-14/h3-11,13,20H,1-2H3,(H,21,22)/b19-11-/t13-/m1/s1. The summed E-state index contributed by atoms with van der Waals surface area (Å²) in [6.07, 6.45) is 1.63. The number of benzene rings is 2. The van der Waals surface area contributed by atoms with E-state index < -0.39 is 0 Å². The molecule has 0 unspecified atom stereocenters. The largest absolute Gasteiger partial charge is 0.374 e. The lowest BCUT2D eigenvalue weighted by atomic mass is 10.2. The molecule has 0 aliphatic rings. The lowest BCUT2D eigenvalue weighted by Crippen LogP contribution is -2.35. The second kappa shape index (κ2) is 7.93. The van der Waals surface area contributed by atoms with Crippen molar-refractivity contribution < 1.29 is 4.79 Å². The summed E-state index contributed by atoms with van der Waals surface area (Å²) in [6.45, 7) is 3.83. The Balaban J connectivity index is 1.91. The number of anilines is 1. The second-order valence-electron chi connectivity index (χ2n) is 4.97. The average molecular weight is 407 g/mol. The fourth-order valence-electron chi connectivity index (χ4n) is 1.89. The van der Waals surface area contributed by atoms with Crippen LogP contribution >= 0.6 is 22.6 Å². The van der Waals surface area contributed by atoms with Gasteiger partial charge in [0.05, 0.1) is 6.21 Å². The normalized spacial score (nSPS) is 12.1. The third-order valence-electron chi connectivity index (χ3n) is 3.14. The van der Waals surface area contributed by atoms with Crippen molar-refractivity contribution >= 4 is 40.4 Å². The van der Waals surface area contributed by atoms with Crippen molar-refractivity contribution in [3.63, 3.8) is 0 Å². The summed E-state index contributed by atoms with van der Waals surface area (Å²) < 4.78 is 1.17. The summed E-state index contributed by atoms with van der Waals surface area (Å²) in [7, 11) is 0. The molecule has 2 rings (SSSR count). The van der Waals surface area contributed by atoms with E-state index in [9.17, 15) is 4.79 Å². The van der Waals surface area contributed by atoms with Crippen LogP contribution in [0, 0.1) is 10.5 Å². The zero-order chi connectivity index (χ0) is 15.9. The Hall–Kier alpha value is -1.89. The predicted molar refractivity (Wildman–Crippen MR) is 99.2 cm³/mol. The van der Waals surface area contributed by atoms with Crippen molar-refractivity contribution in [2.24, 2.45) is 5.10 Å². The van der Waals surface area contributed by atoms with E-state index in [0.717, 1.165) is 16.8 Å². The molecule has 0 bridgehead atoms. The Morgan fingerprint density at radius 2 is 1.95 bits per heavy atom. The quantitative estimate of drug-likeness (QED) is 0.453. The van der Waals surface area contributed by atoms with Crippen LogP contribution in [-0.4, -0.2) is 18.2 Å². The van der Waals surface area contributed by atoms with Crippen LogP contribution in [0.15, 0.2) is 53.6 Å². The summed E-state index contributed by atoms with van der Waals surface area (Å²) in [5.74, 6) is -0.176. The van der Waals surface area contributed by atoms with E-state index in [2.05, 4.69) is 44.5 Å². The lowest BCUT2D eigenvalue weighted by Gasteiger charge is -2.15. The smallest absolute Gasteiger partial charge is 0.262 e. The first-order valence-electron chi connectivity index (χ1n) is 6.97. The summed E-state index contributed by atoms with van der Waals surface area (Å²) in [5.41, 5.74) is 5.55. The van der Waals surface area contributed by atoms with Gasteiger partial charge in [-0.3, -0.25) is 4.79 Å². The zero-order valence-electron chi connectivity index (χ0n) is 12.5. The molecular formula is C17H18IN3O. The number of rotatable bonds is 5. The first kappa shape index (κ1) is 16.5. The van der Waals surface area contributed by atoms with Gasteiger partial charge in [-0.1, -0.05) is 30.3 Å². The van der Waals surface area contributed by atoms with Gasteiger partial charge in [0.25, 0.3) is 5.91 Å². The molecule has 114 valence electrons. The number of hydrogen-bond acceptors (Lipinski definition) is 3. The van der Waals surface area contributed by atoms with Crippen LogP contribution in [0.25, 0.3) is 0 Å². The number of carbonyl (C=O) groups excluding carboxylic acids is 1. The van der Waals surface area contributed by atoms with Gasteiger partial charge in [0.1, 0.15) is 6.04 Å². The van der Waals surface area contributed by atoms with Crippen LogP contribution in [0.3, 0.4) is 0 Å². The number of carbonyl (C=O) groups is 1. The van der Waals surface area contributed by atoms with E-state index in [1.54, 1.807) is 6.21 Å². The molecular weight excluding hydrogens is 389 g/mol. The van der Waals surface area contributed by atoms with E-state index in [1.807, 2.05) is 56.3 Å². The maximum Gasteiger partial charge on any atom is 0.262 e. The third kappa shape index (κ3) is 4.84. The SMILES string of the molecule is Cc1cc(I)ccc1N[C@H](C)C(=O)N/N=C\c1ccccc1. The van der Waals surface area contributed by atoms with Gasteiger partial charge in [-0.25, -0.2) is 5.43 Å². The number of halogens is 1. The molecule has 0 heterocycles. The van der Waals surface area contributed by atoms with Crippen molar-refractivity contribution in [2.75, 3.05) is 5.32 Å². The lowest BCUT2D eigenvalue weighted by molar-refractivity contribution is -0.121. The van der Waals surface area contributed by atoms with Gasteiger partial charge in [-0.05, 0) is 65.8 Å². The van der Waals surface area contributed by atoms with Gasteiger partial charge in [0.2, 0.25) is 0 Å². The molecule has 0 spiro atoms. The summed E-state index contributed by atoms with van der Waals surface area (Å²) >= 11 is 2.27. The van der Waals surface area contributed by atoms with E-state index in [1.165, 1.54) is 3.57 Å². The topological polar surface area (TPSA) is 53.5 Å². The van der Waals surface area contributed by atoms with Crippen molar-refractivity contribution in [3.8, 4) is 0 Å². The van der Waals surface area contributed by atoms with E-state index >= 15 is 0 Å². The molecule has 0 aliphatic carbocycles. The van der Waals surface area contributed by atoms with E-state index in [4.69, 9.17) is 0 Å². The van der Waals surface area contributed by atoms with Crippen LogP contribution < -0.4 is 10.7 Å². The summed E-state index contributed by atoms with van der Waals surface area (Å²) in [6, 6.07) is 15.3. The molecule has 0 aliphatic heterocycles. The molecule has 0 saturated heterocycles. The molecule has 0 radical (unpaired) electrons. The molecule has 2 N–H and O–H groups in total. The Labute approximate surface area is 144 Å². The first-order chi connectivity index (χ1) is 10.6. The Kier molecular flexibility index (Phi) is 5.94. The molecule has 0 saturated carbocycles. The number of nitrogens with zero attached hydrogens (tertiary/aromatic N) is 1. The summed E-state index contributed by atoms with van der Waals surface area (Å²) in [4.78, 5) is 12.0. The molecule has 22 heavy (non-hydrogen) atoms. The molecule has 4 nitrogen and oxygen atoms in total. The average Bonchev–Trinajstić information content (AvgIpc) is 2.51. The fourth-order valence-corrected chi connectivity index (χ4v) is 2.54. The van der Waals surface area contributed by atoms with E-state index in [0.29, 0.717) is 0 Å². The van der Waals surface area contributed by atoms with Gasteiger partial charge >= 0.3 is 0 Å². The minimum atomic E-state index is -0.369. The molecule has 2 aromatic carbocycles. The number of hydrogen-bond donors (Lipinski definition) is 2. The summed E-state index contributed by atoms with van der Waals surface area (Å²) in [5, 5.41) is 7.17. The highest BCUT2D eigenvalue weighted by Crippen LogP contribution is 2.18. The predicted octanol–water partition coefficient (Wildman–Crippen LogP) is 3.55. The number of nitrogens with one attached hydrogen (secondary N) is 2. The number of aryl methyl sites for hydroxylation is 1. The minimum absolute atomic E-state index is 0.176. The molecule has 2 aromatic rings. The van der Waals surface area contributed by atoms with Crippen molar-refractivity contribution in [1.82, 2.24) is 5.43 Å². The highest BCUT2D eigenvalue weighted by Gasteiger charge is 2.12. The fraction of sp³-hybridized carbons (Fsp3) is 0.176. The Morgan fingerprint density at radius 3 is 2.64 bits per heavy atom. The maximum absolute atomic E-state index is 12.0. The highest BCUT2D eigenvalue weighted by atomic mass is 127. The van der Waals surface area contributed by atoms with Gasteiger partial charge in [-0.15, -0.1) is 0 Å². The van der Waals surface area contributed by atoms with Gasteiger partial charge in [0.15, 0.2) is 0 Å². The molecule has 1 amide bonds. The van der Waals surface area contributed by atoms with Crippen LogP contribution in [-0.2, 0) is 4.79 Å². The first-order valence-corrected chi connectivity index (χ1v) is 8.05.